The summed E-state index contributed by atoms with van der Waals surface area (Å²) in [4.78, 5) is 11.7. The molecule has 1 amide bonds. The summed E-state index contributed by atoms with van der Waals surface area (Å²) < 4.78 is 4.87. The van der Waals surface area contributed by atoms with Crippen molar-refractivity contribution >= 4 is 27.5 Å². The number of carbonyl (C=O) groups excluding carboxylic acids is 1. The summed E-state index contributed by atoms with van der Waals surface area (Å²) in [5, 5.41) is 7.19. The van der Waals surface area contributed by atoms with Crippen molar-refractivity contribution in [3.63, 3.8) is 0 Å². The zero-order valence-electron chi connectivity index (χ0n) is 9.24. The predicted molar refractivity (Wildman–Crippen MR) is 68.3 cm³/mol. The zero-order chi connectivity index (χ0) is 12.3. The third-order valence-corrected chi connectivity index (χ3v) is 2.87. The number of nitrogens with one attached hydrogen (secondary N) is 1. The van der Waals surface area contributed by atoms with Gasteiger partial charge in [-0.25, -0.2) is 0 Å². The summed E-state index contributed by atoms with van der Waals surface area (Å²) in [7, 11) is 0. The third kappa shape index (κ3) is 2.94. The van der Waals surface area contributed by atoms with Crippen LogP contribution in [0.1, 0.15) is 21.8 Å². The number of rotatable bonds is 3. The molecule has 0 radical (unpaired) electrons. The van der Waals surface area contributed by atoms with Gasteiger partial charge in [0.1, 0.15) is 0 Å². The van der Waals surface area contributed by atoms with E-state index >= 15 is 0 Å². The number of nitrogens with zero attached hydrogens (tertiary/aromatic N) is 1. The molecular formula is C12H11BrN2O2. The Morgan fingerprint density at radius 1 is 1.41 bits per heavy atom. The summed E-state index contributed by atoms with van der Waals surface area (Å²) in [6, 6.07) is 9.17. The molecule has 88 valence electrons. The van der Waals surface area contributed by atoms with Gasteiger partial charge in [0.05, 0.1) is 5.69 Å². The molecule has 1 heterocycles. The van der Waals surface area contributed by atoms with E-state index in [0.717, 1.165) is 16.6 Å². The van der Waals surface area contributed by atoms with Crippen molar-refractivity contribution in [3.05, 3.63) is 47.3 Å². The van der Waals surface area contributed by atoms with Crippen molar-refractivity contribution in [2.24, 2.45) is 0 Å². The molecule has 17 heavy (non-hydrogen) atoms. The first-order valence-corrected chi connectivity index (χ1v) is 6.21. The summed E-state index contributed by atoms with van der Waals surface area (Å²) >= 11 is 3.36. The Hall–Kier alpha value is -1.62. The molecule has 0 saturated carbocycles. The van der Waals surface area contributed by atoms with Gasteiger partial charge in [-0.3, -0.25) is 4.79 Å². The summed E-state index contributed by atoms with van der Waals surface area (Å²) in [6.07, 6.45) is 0. The van der Waals surface area contributed by atoms with E-state index in [9.17, 15) is 4.79 Å². The topological polar surface area (TPSA) is 55.1 Å². The van der Waals surface area contributed by atoms with E-state index in [0.29, 0.717) is 5.69 Å². The fraction of sp³-hybridized carbons (Fsp3) is 0.167. The summed E-state index contributed by atoms with van der Waals surface area (Å²) in [5.74, 6) is -0.0794. The Balaban J connectivity index is 2.07. The number of benzene rings is 1. The first-order chi connectivity index (χ1) is 8.19. The van der Waals surface area contributed by atoms with Gasteiger partial charge in [-0.2, -0.15) is 0 Å². The fourth-order valence-corrected chi connectivity index (χ4v) is 1.71. The molecule has 2 rings (SSSR count). The van der Waals surface area contributed by atoms with Gasteiger partial charge < -0.3 is 9.84 Å². The molecule has 0 aliphatic rings. The average molecular weight is 295 g/mol. The van der Waals surface area contributed by atoms with E-state index in [-0.39, 0.29) is 11.7 Å². The number of carbonyl (C=O) groups is 1. The molecule has 0 unspecified atom stereocenters. The monoisotopic (exact) mass is 294 g/mol. The van der Waals surface area contributed by atoms with E-state index < -0.39 is 0 Å². The Labute approximate surface area is 107 Å². The second-order valence-electron chi connectivity index (χ2n) is 3.62. The van der Waals surface area contributed by atoms with E-state index in [1.165, 1.54) is 0 Å². The van der Waals surface area contributed by atoms with Crippen molar-refractivity contribution in [1.82, 2.24) is 5.16 Å². The molecule has 2 aromatic rings. The van der Waals surface area contributed by atoms with Crippen LogP contribution in [0.2, 0.25) is 0 Å². The fourth-order valence-electron chi connectivity index (χ4n) is 1.34. The van der Waals surface area contributed by atoms with Crippen LogP contribution in [-0.4, -0.2) is 11.1 Å². The van der Waals surface area contributed by atoms with Crippen molar-refractivity contribution in [1.29, 1.82) is 0 Å². The summed E-state index contributed by atoms with van der Waals surface area (Å²) in [6.45, 7) is 1.77. The Morgan fingerprint density at radius 3 is 2.65 bits per heavy atom. The van der Waals surface area contributed by atoms with Gasteiger partial charge >= 0.3 is 0 Å². The molecule has 1 aromatic carbocycles. The lowest BCUT2D eigenvalue weighted by Gasteiger charge is -2.03. The smallest absolute Gasteiger partial charge is 0.294 e. The van der Waals surface area contributed by atoms with Crippen LogP contribution in [-0.2, 0) is 5.33 Å². The van der Waals surface area contributed by atoms with E-state index in [4.69, 9.17) is 4.52 Å². The van der Waals surface area contributed by atoms with Crippen LogP contribution < -0.4 is 5.32 Å². The lowest BCUT2D eigenvalue weighted by molar-refractivity contribution is 0.0988. The normalized spacial score (nSPS) is 10.2. The molecular weight excluding hydrogens is 284 g/mol. The van der Waals surface area contributed by atoms with E-state index in [2.05, 4.69) is 26.4 Å². The molecule has 0 aliphatic heterocycles. The van der Waals surface area contributed by atoms with Crippen LogP contribution >= 0.6 is 15.9 Å². The molecule has 4 nitrogen and oxygen atoms in total. The van der Waals surface area contributed by atoms with Crippen LogP contribution in [0.15, 0.2) is 34.9 Å². The molecule has 0 spiro atoms. The second-order valence-corrected chi connectivity index (χ2v) is 4.18. The minimum absolute atomic E-state index is 0.215. The van der Waals surface area contributed by atoms with Crippen LogP contribution in [0, 0.1) is 6.92 Å². The predicted octanol–water partition coefficient (Wildman–Crippen LogP) is 3.13. The van der Waals surface area contributed by atoms with Crippen molar-refractivity contribution in [2.75, 3.05) is 5.32 Å². The maximum atomic E-state index is 11.7. The molecule has 0 saturated heterocycles. The third-order valence-electron chi connectivity index (χ3n) is 2.22. The van der Waals surface area contributed by atoms with Gasteiger partial charge in [-0.05, 0) is 24.6 Å². The van der Waals surface area contributed by atoms with E-state index in [1.54, 1.807) is 13.0 Å². The van der Waals surface area contributed by atoms with E-state index in [1.807, 2.05) is 24.3 Å². The van der Waals surface area contributed by atoms with Crippen LogP contribution in [0.4, 0.5) is 5.69 Å². The molecule has 1 N–H and O–H groups in total. The highest BCUT2D eigenvalue weighted by Crippen LogP contribution is 2.13. The second kappa shape index (κ2) is 5.14. The van der Waals surface area contributed by atoms with Crippen LogP contribution in [0.3, 0.4) is 0 Å². The van der Waals surface area contributed by atoms with Crippen LogP contribution in [0.25, 0.3) is 0 Å². The first-order valence-electron chi connectivity index (χ1n) is 5.08. The number of aromatic nitrogens is 1. The molecule has 5 heteroatoms. The number of hydrogen-bond acceptors (Lipinski definition) is 3. The highest BCUT2D eigenvalue weighted by molar-refractivity contribution is 9.08. The van der Waals surface area contributed by atoms with Crippen LogP contribution in [0.5, 0.6) is 0 Å². The van der Waals surface area contributed by atoms with Gasteiger partial charge in [0.15, 0.2) is 0 Å². The number of halogens is 1. The van der Waals surface area contributed by atoms with Gasteiger partial charge in [0, 0.05) is 17.1 Å². The number of hydrogen-bond donors (Lipinski definition) is 1. The lowest BCUT2D eigenvalue weighted by atomic mass is 10.2. The maximum absolute atomic E-state index is 11.7. The zero-order valence-corrected chi connectivity index (χ0v) is 10.8. The highest BCUT2D eigenvalue weighted by Gasteiger charge is 2.11. The van der Waals surface area contributed by atoms with Crippen molar-refractivity contribution < 1.29 is 9.32 Å². The van der Waals surface area contributed by atoms with Crippen molar-refractivity contribution in [2.45, 2.75) is 12.3 Å². The average Bonchev–Trinajstić information content (AvgIpc) is 2.77. The number of anilines is 1. The molecule has 0 aliphatic carbocycles. The van der Waals surface area contributed by atoms with Gasteiger partial charge in [0.2, 0.25) is 5.76 Å². The molecule has 0 fully saturated rings. The van der Waals surface area contributed by atoms with Gasteiger partial charge in [-0.15, -0.1) is 0 Å². The van der Waals surface area contributed by atoms with Gasteiger partial charge in [-0.1, -0.05) is 33.2 Å². The minimum atomic E-state index is -0.294. The quantitative estimate of drug-likeness (QED) is 0.885. The highest BCUT2D eigenvalue weighted by atomic mass is 79.9. The Bertz CT molecular complexity index is 520. The Morgan fingerprint density at radius 2 is 2.12 bits per heavy atom. The minimum Gasteiger partial charge on any atom is -0.351 e. The SMILES string of the molecule is Cc1cc(C(=O)Nc2ccc(CBr)cc2)on1. The van der Waals surface area contributed by atoms with Gasteiger partial charge in [0.25, 0.3) is 5.91 Å². The largest absolute Gasteiger partial charge is 0.351 e. The molecule has 0 bridgehead atoms. The first kappa shape index (κ1) is 11.9. The number of amides is 1. The maximum Gasteiger partial charge on any atom is 0.294 e. The molecule has 0 atom stereocenters. The number of alkyl halides is 1. The standard InChI is InChI=1S/C12H11BrN2O2/c1-8-6-11(17-15-8)12(16)14-10-4-2-9(7-13)3-5-10/h2-6H,7H2,1H3,(H,14,16). The Kier molecular flexibility index (Phi) is 3.58. The lowest BCUT2D eigenvalue weighted by Crippen LogP contribution is -2.10. The summed E-state index contributed by atoms with van der Waals surface area (Å²) in [5.41, 5.74) is 2.57. The number of aryl methyl sites for hydroxylation is 1. The molecule has 1 aromatic heterocycles. The van der Waals surface area contributed by atoms with Crippen molar-refractivity contribution in [3.8, 4) is 0 Å².